The maximum Gasteiger partial charge on any atom is 0.191 e. The molecule has 1 unspecified atom stereocenters. The molecular weight excluding hydrogens is 390 g/mol. The Kier molecular flexibility index (Phi) is 8.72. The second-order valence-electron chi connectivity index (χ2n) is 6.65. The van der Waals surface area contributed by atoms with Crippen molar-refractivity contribution in [3.8, 4) is 0 Å². The fourth-order valence-corrected chi connectivity index (χ4v) is 4.90. The van der Waals surface area contributed by atoms with Crippen molar-refractivity contribution in [3.05, 3.63) is 38.5 Å². The number of ether oxygens (including phenoxy) is 1. The molecule has 0 aliphatic carbocycles. The second-order valence-corrected chi connectivity index (χ2v) is 8.83. The van der Waals surface area contributed by atoms with Gasteiger partial charge in [-0.05, 0) is 24.8 Å². The lowest BCUT2D eigenvalue weighted by molar-refractivity contribution is 0.0186. The predicted molar refractivity (Wildman–Crippen MR) is 119 cm³/mol. The Morgan fingerprint density at radius 2 is 2.18 bits per heavy atom. The van der Waals surface area contributed by atoms with Crippen molar-refractivity contribution >= 4 is 28.6 Å². The van der Waals surface area contributed by atoms with E-state index in [0.717, 1.165) is 64.7 Å². The van der Waals surface area contributed by atoms with Crippen molar-refractivity contribution in [2.45, 2.75) is 32.7 Å². The zero-order valence-electron chi connectivity index (χ0n) is 16.8. The molecule has 2 aromatic rings. The van der Waals surface area contributed by atoms with Gasteiger partial charge in [0.1, 0.15) is 0 Å². The maximum absolute atomic E-state index is 5.53. The highest BCUT2D eigenvalue weighted by Crippen LogP contribution is 2.26. The molecule has 1 aliphatic rings. The van der Waals surface area contributed by atoms with Gasteiger partial charge in [0.05, 0.1) is 30.8 Å². The van der Waals surface area contributed by atoms with E-state index in [-0.39, 0.29) is 0 Å². The number of nitrogens with one attached hydrogen (secondary N) is 2. The first-order valence-electron chi connectivity index (χ1n) is 10.1. The minimum atomic E-state index is 0.311. The van der Waals surface area contributed by atoms with Crippen LogP contribution >= 0.6 is 22.7 Å². The molecule has 1 saturated heterocycles. The third-order valence-electron chi connectivity index (χ3n) is 4.71. The van der Waals surface area contributed by atoms with Crippen molar-refractivity contribution in [2.24, 2.45) is 4.99 Å². The quantitative estimate of drug-likeness (QED) is 0.482. The summed E-state index contributed by atoms with van der Waals surface area (Å²) in [4.78, 5) is 14.6. The van der Waals surface area contributed by atoms with Gasteiger partial charge in [-0.3, -0.25) is 9.89 Å². The van der Waals surface area contributed by atoms with E-state index in [2.05, 4.69) is 51.9 Å². The maximum atomic E-state index is 5.53. The van der Waals surface area contributed by atoms with Crippen LogP contribution in [0.1, 0.15) is 34.7 Å². The molecule has 8 heteroatoms. The first kappa shape index (κ1) is 21.2. The lowest BCUT2D eigenvalue weighted by atomic mass is 10.2. The van der Waals surface area contributed by atoms with Crippen molar-refractivity contribution in [1.82, 2.24) is 20.5 Å². The molecule has 0 saturated carbocycles. The van der Waals surface area contributed by atoms with Crippen LogP contribution in [0.2, 0.25) is 0 Å². The largest absolute Gasteiger partial charge is 0.379 e. The lowest BCUT2D eigenvalue weighted by Gasteiger charge is -2.33. The van der Waals surface area contributed by atoms with E-state index in [4.69, 9.17) is 9.73 Å². The van der Waals surface area contributed by atoms with E-state index in [0.29, 0.717) is 6.04 Å². The molecule has 0 amide bonds. The third kappa shape index (κ3) is 6.27. The molecule has 154 valence electrons. The van der Waals surface area contributed by atoms with Crippen LogP contribution in [-0.2, 0) is 17.6 Å². The van der Waals surface area contributed by atoms with Gasteiger partial charge >= 0.3 is 0 Å². The summed E-state index contributed by atoms with van der Waals surface area (Å²) in [5, 5.41) is 10.2. The smallest absolute Gasteiger partial charge is 0.191 e. The van der Waals surface area contributed by atoms with E-state index in [9.17, 15) is 0 Å². The molecule has 3 heterocycles. The number of hydrogen-bond acceptors (Lipinski definition) is 6. The molecule has 0 spiro atoms. The molecule has 1 fully saturated rings. The van der Waals surface area contributed by atoms with Gasteiger partial charge in [-0.2, -0.15) is 0 Å². The third-order valence-corrected chi connectivity index (χ3v) is 6.88. The Labute approximate surface area is 176 Å². The van der Waals surface area contributed by atoms with Gasteiger partial charge in [0, 0.05) is 48.6 Å². The highest BCUT2D eigenvalue weighted by molar-refractivity contribution is 7.11. The number of rotatable bonds is 9. The monoisotopic (exact) mass is 421 g/mol. The lowest BCUT2D eigenvalue weighted by Crippen LogP contribution is -2.42. The Hall–Kier alpha value is -1.48. The SMILES string of the molecule is CCNC(=NCC(c1cccs1)N1CCOCC1)NCCc1ncc(CC)s1. The molecule has 0 radical (unpaired) electrons. The normalized spacial score (nSPS) is 16.9. The van der Waals surface area contributed by atoms with Crippen LogP contribution in [0.4, 0.5) is 0 Å². The topological polar surface area (TPSA) is 61.8 Å². The number of nitrogens with zero attached hydrogens (tertiary/aromatic N) is 3. The summed E-state index contributed by atoms with van der Waals surface area (Å²) >= 11 is 3.61. The summed E-state index contributed by atoms with van der Waals surface area (Å²) in [7, 11) is 0. The number of guanidine groups is 1. The van der Waals surface area contributed by atoms with E-state index in [1.54, 1.807) is 11.3 Å². The molecule has 6 nitrogen and oxygen atoms in total. The summed E-state index contributed by atoms with van der Waals surface area (Å²) in [5.41, 5.74) is 0. The molecule has 28 heavy (non-hydrogen) atoms. The van der Waals surface area contributed by atoms with Crippen LogP contribution in [0.25, 0.3) is 0 Å². The number of hydrogen-bond donors (Lipinski definition) is 2. The van der Waals surface area contributed by atoms with Gasteiger partial charge < -0.3 is 15.4 Å². The highest BCUT2D eigenvalue weighted by Gasteiger charge is 2.23. The van der Waals surface area contributed by atoms with Crippen LogP contribution in [0, 0.1) is 0 Å². The van der Waals surface area contributed by atoms with Gasteiger partial charge in [0.15, 0.2) is 5.96 Å². The molecule has 2 N–H and O–H groups in total. The van der Waals surface area contributed by atoms with Gasteiger partial charge in [-0.25, -0.2) is 4.98 Å². The first-order chi connectivity index (χ1) is 13.8. The average Bonchev–Trinajstić information content (AvgIpc) is 3.41. The number of aromatic nitrogens is 1. The molecule has 1 atom stereocenters. The zero-order valence-corrected chi connectivity index (χ0v) is 18.5. The fourth-order valence-electron chi connectivity index (χ4n) is 3.19. The van der Waals surface area contributed by atoms with Gasteiger partial charge in [0.2, 0.25) is 0 Å². The van der Waals surface area contributed by atoms with Crippen molar-refractivity contribution in [2.75, 3.05) is 45.9 Å². The summed E-state index contributed by atoms with van der Waals surface area (Å²) in [6.45, 7) is 10.2. The number of morpholine rings is 1. The number of aryl methyl sites for hydroxylation is 1. The molecule has 0 aromatic carbocycles. The van der Waals surface area contributed by atoms with E-state index >= 15 is 0 Å². The van der Waals surface area contributed by atoms with Gasteiger partial charge in [0.25, 0.3) is 0 Å². The Morgan fingerprint density at radius 1 is 1.32 bits per heavy atom. The fraction of sp³-hybridized carbons (Fsp3) is 0.600. The first-order valence-corrected chi connectivity index (χ1v) is 11.8. The van der Waals surface area contributed by atoms with Crippen LogP contribution in [0.15, 0.2) is 28.7 Å². The van der Waals surface area contributed by atoms with E-state index in [1.165, 1.54) is 14.8 Å². The highest BCUT2D eigenvalue weighted by atomic mass is 32.1. The number of thiophene rings is 1. The Bertz CT molecular complexity index is 710. The minimum absolute atomic E-state index is 0.311. The van der Waals surface area contributed by atoms with Crippen LogP contribution < -0.4 is 10.6 Å². The molecular formula is C20H31N5OS2. The summed E-state index contributed by atoms with van der Waals surface area (Å²) in [5.74, 6) is 0.879. The van der Waals surface area contributed by atoms with E-state index in [1.807, 2.05) is 17.5 Å². The second kappa shape index (κ2) is 11.5. The van der Waals surface area contributed by atoms with Gasteiger partial charge in [-0.15, -0.1) is 22.7 Å². The number of aliphatic imine (C=N–C) groups is 1. The predicted octanol–water partition coefficient (Wildman–Crippen LogP) is 2.94. The average molecular weight is 422 g/mol. The molecule has 1 aliphatic heterocycles. The van der Waals surface area contributed by atoms with Gasteiger partial charge in [-0.1, -0.05) is 13.0 Å². The van der Waals surface area contributed by atoms with Crippen molar-refractivity contribution in [3.63, 3.8) is 0 Å². The Morgan fingerprint density at radius 3 is 2.86 bits per heavy atom. The molecule has 3 rings (SSSR count). The zero-order chi connectivity index (χ0) is 19.6. The molecule has 2 aromatic heterocycles. The molecule has 0 bridgehead atoms. The standard InChI is InChI=1S/C20H31N5OS2/c1-3-16-14-23-19(28-16)7-8-22-20(21-4-2)24-15-17(18-6-5-13-27-18)25-9-11-26-12-10-25/h5-6,13-14,17H,3-4,7-12,15H2,1-2H3,(H2,21,22,24). The van der Waals surface area contributed by atoms with Crippen LogP contribution in [-0.4, -0.2) is 61.8 Å². The number of thiazole rings is 1. The van der Waals surface area contributed by atoms with Crippen molar-refractivity contribution in [1.29, 1.82) is 0 Å². The van der Waals surface area contributed by atoms with Crippen LogP contribution in [0.5, 0.6) is 0 Å². The van der Waals surface area contributed by atoms with Crippen LogP contribution in [0.3, 0.4) is 0 Å². The Balaban J connectivity index is 1.58. The van der Waals surface area contributed by atoms with E-state index < -0.39 is 0 Å². The summed E-state index contributed by atoms with van der Waals surface area (Å²) in [6, 6.07) is 4.65. The summed E-state index contributed by atoms with van der Waals surface area (Å²) < 4.78 is 5.53. The summed E-state index contributed by atoms with van der Waals surface area (Å²) in [6.07, 6.45) is 3.97. The van der Waals surface area contributed by atoms with Crippen molar-refractivity contribution < 1.29 is 4.74 Å². The minimum Gasteiger partial charge on any atom is -0.379 e.